The number of aromatic nitrogens is 1. The predicted molar refractivity (Wildman–Crippen MR) is 92.3 cm³/mol. The smallest absolute Gasteiger partial charge is 0.137 e. The van der Waals surface area contributed by atoms with Crippen LogP contribution in [0.4, 0.5) is 0 Å². The molecule has 0 aliphatic carbocycles. The summed E-state index contributed by atoms with van der Waals surface area (Å²) in [6.07, 6.45) is 4.69. The molecule has 0 fully saturated rings. The fraction of sp³-hybridized carbons (Fsp3) is 0.438. The van der Waals surface area contributed by atoms with E-state index >= 15 is 0 Å². The molecule has 0 bridgehead atoms. The number of ether oxygens (including phenoxy) is 1. The first-order valence-electron chi connectivity index (χ1n) is 7.22. The monoisotopic (exact) mass is 368 g/mol. The standard InChI is InChI=1S/C16H21BrN2OS/c1-4-6-20-13-8-12(9-18-10-13)15(19-5-2)14-7-11(3)16(17)21-14/h7-10,15,19H,4-6H2,1-3H3. The Bertz CT molecular complexity index is 566. The molecule has 2 rings (SSSR count). The average molecular weight is 369 g/mol. The van der Waals surface area contributed by atoms with E-state index in [2.05, 4.69) is 59.1 Å². The lowest BCUT2D eigenvalue weighted by Crippen LogP contribution is -2.21. The molecule has 0 aromatic carbocycles. The summed E-state index contributed by atoms with van der Waals surface area (Å²) in [5.74, 6) is 0.838. The van der Waals surface area contributed by atoms with E-state index in [-0.39, 0.29) is 6.04 Å². The predicted octanol–water partition coefficient (Wildman–Crippen LogP) is 4.70. The van der Waals surface area contributed by atoms with Gasteiger partial charge in [0.15, 0.2) is 0 Å². The number of hydrogen-bond acceptors (Lipinski definition) is 4. The Balaban J connectivity index is 2.29. The van der Waals surface area contributed by atoms with Crippen LogP contribution in [0.5, 0.6) is 5.75 Å². The summed E-state index contributed by atoms with van der Waals surface area (Å²) in [6, 6.07) is 4.46. The van der Waals surface area contributed by atoms with Crippen molar-refractivity contribution in [3.63, 3.8) is 0 Å². The van der Waals surface area contributed by atoms with Crippen molar-refractivity contribution >= 4 is 27.3 Å². The highest BCUT2D eigenvalue weighted by atomic mass is 79.9. The maximum atomic E-state index is 5.69. The third-order valence-corrected chi connectivity index (χ3v) is 5.31. The van der Waals surface area contributed by atoms with E-state index in [0.29, 0.717) is 0 Å². The second-order valence-corrected chi connectivity index (χ2v) is 7.30. The number of pyridine rings is 1. The Kier molecular flexibility index (Phi) is 6.21. The van der Waals surface area contributed by atoms with Crippen LogP contribution in [0.3, 0.4) is 0 Å². The Morgan fingerprint density at radius 1 is 1.33 bits per heavy atom. The molecule has 0 aliphatic heterocycles. The maximum absolute atomic E-state index is 5.69. The normalized spacial score (nSPS) is 12.4. The zero-order valence-electron chi connectivity index (χ0n) is 12.6. The Hall–Kier alpha value is -0.910. The van der Waals surface area contributed by atoms with Gasteiger partial charge in [-0.15, -0.1) is 11.3 Å². The molecular weight excluding hydrogens is 348 g/mol. The summed E-state index contributed by atoms with van der Waals surface area (Å²) in [5.41, 5.74) is 2.41. The van der Waals surface area contributed by atoms with E-state index in [0.717, 1.165) is 30.9 Å². The lowest BCUT2D eigenvalue weighted by Gasteiger charge is -2.17. The van der Waals surface area contributed by atoms with Gasteiger partial charge in [-0.3, -0.25) is 4.98 Å². The van der Waals surface area contributed by atoms with E-state index in [1.165, 1.54) is 14.2 Å². The number of nitrogens with one attached hydrogen (secondary N) is 1. The molecule has 1 atom stereocenters. The minimum atomic E-state index is 0.155. The molecule has 0 saturated carbocycles. The van der Waals surface area contributed by atoms with Gasteiger partial charge in [0.2, 0.25) is 0 Å². The van der Waals surface area contributed by atoms with Crippen LogP contribution in [0, 0.1) is 6.92 Å². The van der Waals surface area contributed by atoms with Crippen LogP contribution in [-0.2, 0) is 0 Å². The zero-order chi connectivity index (χ0) is 15.2. The second kappa shape index (κ2) is 7.92. The zero-order valence-corrected chi connectivity index (χ0v) is 15.1. The van der Waals surface area contributed by atoms with E-state index in [1.807, 2.05) is 6.20 Å². The summed E-state index contributed by atoms with van der Waals surface area (Å²) in [4.78, 5) is 5.61. The molecule has 2 aromatic heterocycles. The van der Waals surface area contributed by atoms with Gasteiger partial charge in [0, 0.05) is 11.1 Å². The molecule has 1 unspecified atom stereocenters. The van der Waals surface area contributed by atoms with Crippen LogP contribution < -0.4 is 10.1 Å². The van der Waals surface area contributed by atoms with Crippen molar-refractivity contribution in [2.24, 2.45) is 0 Å². The largest absolute Gasteiger partial charge is 0.492 e. The van der Waals surface area contributed by atoms with Gasteiger partial charge in [0.05, 0.1) is 22.6 Å². The van der Waals surface area contributed by atoms with Crippen molar-refractivity contribution in [3.05, 3.63) is 44.3 Å². The Morgan fingerprint density at radius 3 is 2.76 bits per heavy atom. The van der Waals surface area contributed by atoms with Crippen LogP contribution >= 0.6 is 27.3 Å². The number of aryl methyl sites for hydroxylation is 1. The number of thiophene rings is 1. The quantitative estimate of drug-likeness (QED) is 0.768. The van der Waals surface area contributed by atoms with Gasteiger partial charge in [-0.05, 0) is 59.1 Å². The van der Waals surface area contributed by atoms with Gasteiger partial charge in [-0.2, -0.15) is 0 Å². The third kappa shape index (κ3) is 4.28. The highest BCUT2D eigenvalue weighted by Crippen LogP contribution is 2.34. The summed E-state index contributed by atoms with van der Waals surface area (Å²) in [5, 5.41) is 3.53. The first-order valence-corrected chi connectivity index (χ1v) is 8.83. The Morgan fingerprint density at radius 2 is 2.14 bits per heavy atom. The van der Waals surface area contributed by atoms with Crippen molar-refractivity contribution in [1.82, 2.24) is 10.3 Å². The van der Waals surface area contributed by atoms with Crippen LogP contribution in [0.15, 0.2) is 28.3 Å². The molecule has 3 nitrogen and oxygen atoms in total. The minimum absolute atomic E-state index is 0.155. The summed E-state index contributed by atoms with van der Waals surface area (Å²) >= 11 is 5.37. The first kappa shape index (κ1) is 16.5. The molecule has 2 heterocycles. The molecule has 0 amide bonds. The van der Waals surface area contributed by atoms with Crippen molar-refractivity contribution in [2.45, 2.75) is 33.2 Å². The lowest BCUT2D eigenvalue weighted by atomic mass is 10.1. The van der Waals surface area contributed by atoms with E-state index < -0.39 is 0 Å². The molecule has 2 aromatic rings. The van der Waals surface area contributed by atoms with Gasteiger partial charge in [0.1, 0.15) is 5.75 Å². The number of rotatable bonds is 7. The highest BCUT2D eigenvalue weighted by Gasteiger charge is 2.17. The maximum Gasteiger partial charge on any atom is 0.137 e. The van der Waals surface area contributed by atoms with Crippen LogP contribution in [0.25, 0.3) is 0 Å². The molecular formula is C16H21BrN2OS. The topological polar surface area (TPSA) is 34.1 Å². The van der Waals surface area contributed by atoms with Crippen LogP contribution in [-0.4, -0.2) is 18.1 Å². The highest BCUT2D eigenvalue weighted by molar-refractivity contribution is 9.11. The fourth-order valence-electron chi connectivity index (χ4n) is 2.10. The number of nitrogens with zero attached hydrogens (tertiary/aromatic N) is 1. The van der Waals surface area contributed by atoms with E-state index in [9.17, 15) is 0 Å². The van der Waals surface area contributed by atoms with Crippen molar-refractivity contribution in [3.8, 4) is 5.75 Å². The first-order chi connectivity index (χ1) is 10.2. The van der Waals surface area contributed by atoms with Crippen LogP contribution in [0.2, 0.25) is 0 Å². The molecule has 1 N–H and O–H groups in total. The molecule has 0 saturated heterocycles. The molecule has 114 valence electrons. The van der Waals surface area contributed by atoms with Crippen molar-refractivity contribution in [1.29, 1.82) is 0 Å². The van der Waals surface area contributed by atoms with Gasteiger partial charge in [-0.1, -0.05) is 13.8 Å². The number of halogens is 1. The molecule has 5 heteroatoms. The summed E-state index contributed by atoms with van der Waals surface area (Å²) in [7, 11) is 0. The molecule has 0 radical (unpaired) electrons. The van der Waals surface area contributed by atoms with Crippen LogP contribution in [0.1, 0.15) is 42.3 Å². The molecule has 0 spiro atoms. The van der Waals surface area contributed by atoms with Gasteiger partial charge < -0.3 is 10.1 Å². The minimum Gasteiger partial charge on any atom is -0.492 e. The molecule has 21 heavy (non-hydrogen) atoms. The van der Waals surface area contributed by atoms with E-state index in [4.69, 9.17) is 4.74 Å². The molecule has 0 aliphatic rings. The SMILES string of the molecule is CCCOc1cncc(C(NCC)c2cc(C)c(Br)s2)c1. The number of hydrogen-bond donors (Lipinski definition) is 1. The Labute approximate surface area is 138 Å². The lowest BCUT2D eigenvalue weighted by molar-refractivity contribution is 0.315. The third-order valence-electron chi connectivity index (χ3n) is 3.11. The van der Waals surface area contributed by atoms with Gasteiger partial charge >= 0.3 is 0 Å². The van der Waals surface area contributed by atoms with Crippen molar-refractivity contribution in [2.75, 3.05) is 13.2 Å². The second-order valence-electron chi connectivity index (χ2n) is 4.90. The summed E-state index contributed by atoms with van der Waals surface area (Å²) < 4.78 is 6.88. The van der Waals surface area contributed by atoms with Crippen molar-refractivity contribution < 1.29 is 4.74 Å². The average Bonchev–Trinajstić information content (AvgIpc) is 2.82. The van der Waals surface area contributed by atoms with Gasteiger partial charge in [-0.25, -0.2) is 0 Å². The van der Waals surface area contributed by atoms with E-state index in [1.54, 1.807) is 17.5 Å². The fourth-order valence-corrected chi connectivity index (χ4v) is 3.78. The summed E-state index contributed by atoms with van der Waals surface area (Å²) in [6.45, 7) is 7.96. The van der Waals surface area contributed by atoms with Gasteiger partial charge in [0.25, 0.3) is 0 Å².